The molecule has 1 fully saturated rings. The molecule has 3 unspecified atom stereocenters. The van der Waals surface area contributed by atoms with Crippen LogP contribution in [-0.4, -0.2) is 64.6 Å². The number of hydrogen-bond donors (Lipinski definition) is 1. The van der Waals surface area contributed by atoms with Crippen molar-refractivity contribution < 1.29 is 19.0 Å². The lowest BCUT2D eigenvalue weighted by Crippen LogP contribution is -2.59. The molecular weight excluding hydrogens is 815 g/mol. The normalized spacial score (nSPS) is 23.0. The molecule has 3 aliphatic heterocycles. The first kappa shape index (κ1) is 44.2. The van der Waals surface area contributed by atoms with Crippen molar-refractivity contribution in [2.45, 2.75) is 83.7 Å². The molecule has 3 heterocycles. The van der Waals surface area contributed by atoms with Crippen LogP contribution in [0.5, 0.6) is 0 Å². The second-order valence-corrected chi connectivity index (χ2v) is 18.4. The third-order valence-electron chi connectivity index (χ3n) is 13.9. The Morgan fingerprint density at radius 2 is 1.47 bits per heavy atom. The summed E-state index contributed by atoms with van der Waals surface area (Å²) in [5, 5.41) is 6.69. The Hall–Kier alpha value is -6.39. The first-order valence-electron chi connectivity index (χ1n) is 22.3. The SMILES string of the molecule is CCCC1(C)C(/C=C/C2=C(C3C(=O)NC(=S)N(CC)C3N=O)C(=C/C=C3/N(C)c4ccc(C(=O)c5ccccc5)cc4C3(C)C)/CCC2)=[N+](C)c2ccc(C(=O)c3ccccc3)cc21. The van der Waals surface area contributed by atoms with E-state index in [0.29, 0.717) is 41.6 Å². The van der Waals surface area contributed by atoms with Gasteiger partial charge < -0.3 is 15.1 Å². The average Bonchev–Trinajstić information content (AvgIpc) is 3.63. The largest absolute Gasteiger partial charge is 0.347 e. The topological polar surface area (TPSA) is 102 Å². The van der Waals surface area contributed by atoms with Crippen LogP contribution in [0.1, 0.15) is 110 Å². The molecule has 1 saturated heterocycles. The highest BCUT2D eigenvalue weighted by Gasteiger charge is 2.48. The predicted molar refractivity (Wildman–Crippen MR) is 260 cm³/mol. The second-order valence-electron chi connectivity index (χ2n) is 18.0. The summed E-state index contributed by atoms with van der Waals surface area (Å²) in [6.45, 7) is 11.1. The summed E-state index contributed by atoms with van der Waals surface area (Å²) in [6.07, 6.45) is 11.6. The fourth-order valence-electron chi connectivity index (χ4n) is 10.6. The Balaban J connectivity index is 1.22. The van der Waals surface area contributed by atoms with Crippen LogP contribution >= 0.6 is 12.2 Å². The van der Waals surface area contributed by atoms with Crippen molar-refractivity contribution in [2.24, 2.45) is 11.1 Å². The molecule has 9 nitrogen and oxygen atoms in total. The highest BCUT2D eigenvalue weighted by molar-refractivity contribution is 7.80. The van der Waals surface area contributed by atoms with Crippen molar-refractivity contribution in [2.75, 3.05) is 25.5 Å². The monoisotopic (exact) mass is 870 g/mol. The molecule has 4 aromatic carbocycles. The fraction of sp³-hybridized carbons (Fsp3) is 0.315. The summed E-state index contributed by atoms with van der Waals surface area (Å²) in [4.78, 5) is 58.2. The van der Waals surface area contributed by atoms with Crippen LogP contribution < -0.4 is 10.2 Å². The van der Waals surface area contributed by atoms with E-state index in [2.05, 4.69) is 91.1 Å². The lowest BCUT2D eigenvalue weighted by molar-refractivity contribution is -0.401. The fourth-order valence-corrected chi connectivity index (χ4v) is 10.9. The predicted octanol–water partition coefficient (Wildman–Crippen LogP) is 10.7. The van der Waals surface area contributed by atoms with E-state index in [1.54, 1.807) is 4.90 Å². The maximum atomic E-state index is 14.2. The number of likely N-dealkylation sites (N-methyl/N-ethyl adjacent to an activating group) is 1. The molecule has 10 heteroatoms. The highest BCUT2D eigenvalue weighted by Crippen LogP contribution is 2.49. The van der Waals surface area contributed by atoms with Crippen molar-refractivity contribution in [1.82, 2.24) is 10.2 Å². The van der Waals surface area contributed by atoms with Crippen molar-refractivity contribution >= 4 is 51.9 Å². The van der Waals surface area contributed by atoms with Crippen LogP contribution in [0.3, 0.4) is 0 Å². The summed E-state index contributed by atoms with van der Waals surface area (Å²) in [5.74, 6) is -1.27. The number of fused-ring (bicyclic) bond motifs is 2. The lowest BCUT2D eigenvalue weighted by Gasteiger charge is -2.40. The molecule has 326 valence electrons. The zero-order valence-electron chi connectivity index (χ0n) is 37.8. The maximum absolute atomic E-state index is 14.2. The third-order valence-corrected chi connectivity index (χ3v) is 14.2. The minimum Gasteiger partial charge on any atom is -0.347 e. The van der Waals surface area contributed by atoms with Gasteiger partial charge in [0.25, 0.3) is 0 Å². The molecule has 0 aromatic heterocycles. The van der Waals surface area contributed by atoms with E-state index in [1.807, 2.05) is 98.9 Å². The van der Waals surface area contributed by atoms with Gasteiger partial charge in [0.2, 0.25) is 11.6 Å². The molecule has 8 rings (SSSR count). The van der Waals surface area contributed by atoms with Crippen molar-refractivity contribution in [1.29, 1.82) is 0 Å². The molecule has 1 amide bonds. The van der Waals surface area contributed by atoms with Gasteiger partial charge in [-0.2, -0.15) is 4.58 Å². The van der Waals surface area contributed by atoms with Crippen molar-refractivity contribution in [3.63, 3.8) is 0 Å². The highest BCUT2D eigenvalue weighted by atomic mass is 32.1. The van der Waals surface area contributed by atoms with E-state index < -0.39 is 22.9 Å². The Labute approximate surface area is 381 Å². The third kappa shape index (κ3) is 7.61. The number of nitrogens with zero attached hydrogens (tertiary/aromatic N) is 4. The van der Waals surface area contributed by atoms with Gasteiger partial charge in [0.1, 0.15) is 13.0 Å². The molecule has 1 N–H and O–H groups in total. The molecule has 1 aliphatic carbocycles. The molecule has 0 radical (unpaired) electrons. The molecule has 3 atom stereocenters. The summed E-state index contributed by atoms with van der Waals surface area (Å²) in [6, 6.07) is 30.7. The first-order valence-corrected chi connectivity index (χ1v) is 22.8. The Bertz CT molecular complexity index is 2750. The van der Waals surface area contributed by atoms with E-state index in [9.17, 15) is 19.3 Å². The molecule has 4 aliphatic rings. The standard InChI is InChI=1S/C54H55N5O4S/c1-8-31-54(5)41-33-39(49(61)37-19-14-11-15-20-37)24-28-43(41)58(7)45(54)30-26-35-22-16-21-34(46(35)47-50(56-63)59(9-2)52(64)55-51(47)62)25-29-44-53(3,4)40-32-38(23-27-42(40)57(44)6)48(60)36-17-12-10-13-18-36/h10-15,17-20,23-30,32-33,47,50H,8-9,16,21-22,31H2,1-7H3/p+1. The number of carbonyl (C=O) groups excluding carboxylic acids is 3. The Morgan fingerprint density at radius 3 is 2.08 bits per heavy atom. The number of rotatable bonds is 12. The number of carbonyl (C=O) groups is 3. The van der Waals surface area contributed by atoms with E-state index in [1.165, 1.54) is 0 Å². The van der Waals surface area contributed by atoms with Gasteiger partial charge in [-0.05, 0) is 116 Å². The lowest BCUT2D eigenvalue weighted by atomic mass is 9.74. The summed E-state index contributed by atoms with van der Waals surface area (Å²) < 4.78 is 2.22. The van der Waals surface area contributed by atoms with Gasteiger partial charge >= 0.3 is 0 Å². The van der Waals surface area contributed by atoms with Crippen LogP contribution in [-0.2, 0) is 15.6 Å². The van der Waals surface area contributed by atoms with Crippen LogP contribution in [0.4, 0.5) is 11.4 Å². The molecule has 0 spiro atoms. The van der Waals surface area contributed by atoms with Crippen molar-refractivity contribution in [3.05, 3.63) is 182 Å². The average molecular weight is 871 g/mol. The summed E-state index contributed by atoms with van der Waals surface area (Å²) in [7, 11) is 4.12. The van der Waals surface area contributed by atoms with E-state index in [0.717, 1.165) is 69.9 Å². The zero-order valence-corrected chi connectivity index (χ0v) is 38.6. The summed E-state index contributed by atoms with van der Waals surface area (Å²) >= 11 is 5.57. The summed E-state index contributed by atoms with van der Waals surface area (Å²) in [5.41, 5.74) is 10.8. The molecular formula is C54H56N5O4S+. The second kappa shape index (κ2) is 17.6. The number of nitrogens with one attached hydrogen (secondary N) is 1. The van der Waals surface area contributed by atoms with E-state index >= 15 is 0 Å². The number of anilines is 1. The van der Waals surface area contributed by atoms with Gasteiger partial charge in [0.15, 0.2) is 28.6 Å². The quantitative estimate of drug-likeness (QED) is 0.0655. The van der Waals surface area contributed by atoms with Crippen LogP contribution in [0.2, 0.25) is 0 Å². The van der Waals surface area contributed by atoms with Gasteiger partial charge in [-0.3, -0.25) is 14.4 Å². The first-order chi connectivity index (χ1) is 30.7. The van der Waals surface area contributed by atoms with Crippen LogP contribution in [0.15, 0.2) is 149 Å². The van der Waals surface area contributed by atoms with Gasteiger partial charge in [0.05, 0.1) is 5.41 Å². The van der Waals surface area contributed by atoms with Gasteiger partial charge in [0, 0.05) is 70.4 Å². The number of thiocarbonyl (C=S) groups is 1. The molecule has 64 heavy (non-hydrogen) atoms. The number of amides is 1. The number of allylic oxidation sites excluding steroid dienone is 7. The van der Waals surface area contributed by atoms with Crippen molar-refractivity contribution in [3.8, 4) is 0 Å². The minimum atomic E-state index is -1.02. The Morgan fingerprint density at radius 1 is 0.844 bits per heavy atom. The van der Waals surface area contributed by atoms with Gasteiger partial charge in [-0.15, -0.1) is 4.91 Å². The zero-order chi connectivity index (χ0) is 45.5. The maximum Gasteiger partial charge on any atom is 0.237 e. The minimum absolute atomic E-state index is 0.0103. The van der Waals surface area contributed by atoms with E-state index in [4.69, 9.17) is 12.2 Å². The molecule has 0 saturated carbocycles. The number of benzene rings is 4. The van der Waals surface area contributed by atoms with E-state index in [-0.39, 0.29) is 22.6 Å². The Kier molecular flexibility index (Phi) is 12.2. The smallest absolute Gasteiger partial charge is 0.237 e. The van der Waals surface area contributed by atoms with Crippen LogP contribution in [0, 0.1) is 10.8 Å². The number of ketones is 2. The molecule has 4 aromatic rings. The van der Waals surface area contributed by atoms with Gasteiger partial charge in [-0.25, -0.2) is 0 Å². The van der Waals surface area contributed by atoms with Crippen LogP contribution in [0.25, 0.3) is 0 Å². The number of nitroso groups, excluding NO2 is 1. The number of hydrogen-bond acceptors (Lipinski definition) is 7. The van der Waals surface area contributed by atoms with Gasteiger partial charge in [-0.1, -0.05) is 100 Å². The molecule has 0 bridgehead atoms.